The van der Waals surface area contributed by atoms with Crippen molar-refractivity contribution in [3.63, 3.8) is 0 Å². The van der Waals surface area contributed by atoms with Crippen LogP contribution in [-0.2, 0) is 11.2 Å². The molecule has 1 aliphatic rings. The number of ether oxygens (including phenoxy) is 1. The Morgan fingerprint density at radius 1 is 0.730 bits per heavy atom. The van der Waals surface area contributed by atoms with E-state index in [4.69, 9.17) is 4.74 Å². The van der Waals surface area contributed by atoms with E-state index in [1.807, 2.05) is 13.0 Å². The molecule has 3 rings (SSSR count). The summed E-state index contributed by atoms with van der Waals surface area (Å²) >= 11 is 0. The number of carbonyl (C=O) groups excluding carboxylic acids is 1. The number of hydrogen-bond donors (Lipinski definition) is 0. The van der Waals surface area contributed by atoms with E-state index >= 15 is 0 Å². The summed E-state index contributed by atoms with van der Waals surface area (Å²) in [6.45, 7) is 8.80. The van der Waals surface area contributed by atoms with Crippen molar-refractivity contribution in [1.29, 1.82) is 0 Å². The van der Waals surface area contributed by atoms with E-state index in [0.29, 0.717) is 12.2 Å². The molecule has 0 amide bonds. The molecule has 1 aliphatic carbocycles. The zero-order valence-electron chi connectivity index (χ0n) is 24.2. The fourth-order valence-electron chi connectivity index (χ4n) is 6.00. The van der Waals surface area contributed by atoms with E-state index in [2.05, 4.69) is 51.1 Å². The largest absolute Gasteiger partial charge is 0.426 e. The van der Waals surface area contributed by atoms with Crippen molar-refractivity contribution >= 4 is 5.97 Å². The number of carbonyl (C=O) groups is 1. The van der Waals surface area contributed by atoms with Gasteiger partial charge in [0.1, 0.15) is 5.75 Å². The Morgan fingerprint density at radius 2 is 1.32 bits per heavy atom. The molecular formula is C35H52O2. The Bertz CT molecular complexity index is 952. The zero-order valence-corrected chi connectivity index (χ0v) is 24.2. The Hall–Kier alpha value is -2.09. The van der Waals surface area contributed by atoms with E-state index in [9.17, 15) is 4.79 Å². The number of benzene rings is 2. The molecule has 0 aromatic heterocycles. The molecule has 0 atom stereocenters. The predicted octanol–water partition coefficient (Wildman–Crippen LogP) is 10.6. The third-order valence-corrected chi connectivity index (χ3v) is 8.56. The standard InChI is InChI=1S/C35H52O2/c1-5-7-9-10-12-14-35(36)37-34-24-23-33(26-28(34)4)32-22-21-31(27(3)25-32)20-19-30-17-15-29(16-18-30)13-11-8-6-2/h21-26,29-30H,5-20H2,1-4H3. The Kier molecular flexibility index (Phi) is 12.7. The Labute approximate surface area is 227 Å². The van der Waals surface area contributed by atoms with Gasteiger partial charge in [-0.3, -0.25) is 4.79 Å². The van der Waals surface area contributed by atoms with Gasteiger partial charge in [-0.2, -0.15) is 0 Å². The van der Waals surface area contributed by atoms with E-state index in [1.54, 1.807) is 0 Å². The van der Waals surface area contributed by atoms with Crippen molar-refractivity contribution in [2.75, 3.05) is 0 Å². The molecule has 0 saturated heterocycles. The molecule has 0 unspecified atom stereocenters. The Balaban J connectivity index is 1.47. The highest BCUT2D eigenvalue weighted by atomic mass is 16.5. The molecule has 37 heavy (non-hydrogen) atoms. The number of hydrogen-bond acceptors (Lipinski definition) is 2. The molecule has 2 aromatic rings. The molecule has 2 heteroatoms. The lowest BCUT2D eigenvalue weighted by Crippen LogP contribution is -2.15. The smallest absolute Gasteiger partial charge is 0.311 e. The van der Waals surface area contributed by atoms with Gasteiger partial charge in [0.2, 0.25) is 0 Å². The highest BCUT2D eigenvalue weighted by molar-refractivity contribution is 5.74. The summed E-state index contributed by atoms with van der Waals surface area (Å²) in [6, 6.07) is 13.1. The number of esters is 1. The summed E-state index contributed by atoms with van der Waals surface area (Å²) in [5.41, 5.74) is 6.33. The van der Waals surface area contributed by atoms with Crippen LogP contribution < -0.4 is 4.74 Å². The summed E-state index contributed by atoms with van der Waals surface area (Å²) in [5.74, 6) is 2.49. The maximum absolute atomic E-state index is 12.3. The molecule has 1 fully saturated rings. The van der Waals surface area contributed by atoms with Gasteiger partial charge < -0.3 is 4.74 Å². The minimum atomic E-state index is -0.113. The van der Waals surface area contributed by atoms with Crippen LogP contribution in [-0.4, -0.2) is 5.97 Å². The van der Waals surface area contributed by atoms with Crippen molar-refractivity contribution in [1.82, 2.24) is 0 Å². The second kappa shape index (κ2) is 16.0. The third-order valence-electron chi connectivity index (χ3n) is 8.56. The van der Waals surface area contributed by atoms with Crippen LogP contribution in [0.5, 0.6) is 5.75 Å². The maximum Gasteiger partial charge on any atom is 0.311 e. The van der Waals surface area contributed by atoms with Crippen LogP contribution in [0.1, 0.15) is 127 Å². The normalized spacial score (nSPS) is 17.6. The average Bonchev–Trinajstić information content (AvgIpc) is 2.90. The summed E-state index contributed by atoms with van der Waals surface area (Å²) in [4.78, 5) is 12.3. The SMILES string of the molecule is CCCCCCCC(=O)Oc1ccc(-c2ccc(CCC3CCC(CCCCC)CC3)c(C)c2)cc1C. The molecule has 0 radical (unpaired) electrons. The molecule has 0 spiro atoms. The summed E-state index contributed by atoms with van der Waals surface area (Å²) in [6.07, 6.45) is 20.2. The summed E-state index contributed by atoms with van der Waals surface area (Å²) < 4.78 is 5.67. The number of aryl methyl sites for hydroxylation is 3. The monoisotopic (exact) mass is 504 g/mol. The molecular weight excluding hydrogens is 452 g/mol. The van der Waals surface area contributed by atoms with Gasteiger partial charge in [0.15, 0.2) is 0 Å². The van der Waals surface area contributed by atoms with E-state index in [-0.39, 0.29) is 5.97 Å². The van der Waals surface area contributed by atoms with Crippen molar-refractivity contribution in [2.45, 2.75) is 130 Å². The minimum Gasteiger partial charge on any atom is -0.426 e. The third kappa shape index (κ3) is 9.95. The highest BCUT2D eigenvalue weighted by Gasteiger charge is 2.21. The molecule has 2 nitrogen and oxygen atoms in total. The molecule has 204 valence electrons. The molecule has 0 bridgehead atoms. The van der Waals surface area contributed by atoms with E-state index < -0.39 is 0 Å². The first kappa shape index (κ1) is 29.5. The second-order valence-corrected chi connectivity index (χ2v) is 11.7. The van der Waals surface area contributed by atoms with Crippen molar-refractivity contribution in [3.05, 3.63) is 53.1 Å². The molecule has 2 aromatic carbocycles. The second-order valence-electron chi connectivity index (χ2n) is 11.7. The maximum atomic E-state index is 12.3. The fourth-order valence-corrected chi connectivity index (χ4v) is 6.00. The lowest BCUT2D eigenvalue weighted by Gasteiger charge is -2.28. The highest BCUT2D eigenvalue weighted by Crippen LogP contribution is 2.35. The quantitative estimate of drug-likeness (QED) is 0.137. The lowest BCUT2D eigenvalue weighted by molar-refractivity contribution is -0.134. The van der Waals surface area contributed by atoms with Crippen LogP contribution in [0.4, 0.5) is 0 Å². The van der Waals surface area contributed by atoms with Crippen LogP contribution in [0.25, 0.3) is 11.1 Å². The molecule has 0 N–H and O–H groups in total. The van der Waals surface area contributed by atoms with Crippen LogP contribution in [0, 0.1) is 25.7 Å². The zero-order chi connectivity index (χ0) is 26.5. The van der Waals surface area contributed by atoms with E-state index in [1.165, 1.54) is 106 Å². The summed E-state index contributed by atoms with van der Waals surface area (Å²) in [5, 5.41) is 0. The van der Waals surface area contributed by atoms with Crippen LogP contribution in [0.15, 0.2) is 36.4 Å². The van der Waals surface area contributed by atoms with Crippen molar-refractivity contribution < 1.29 is 9.53 Å². The van der Waals surface area contributed by atoms with Gasteiger partial charge in [0, 0.05) is 6.42 Å². The summed E-state index contributed by atoms with van der Waals surface area (Å²) in [7, 11) is 0. The molecule has 0 aliphatic heterocycles. The van der Waals surface area contributed by atoms with Crippen molar-refractivity contribution in [2.24, 2.45) is 11.8 Å². The Morgan fingerprint density at radius 3 is 1.97 bits per heavy atom. The first-order chi connectivity index (χ1) is 18.0. The van der Waals surface area contributed by atoms with Gasteiger partial charge in [-0.1, -0.05) is 115 Å². The number of rotatable bonds is 15. The average molecular weight is 505 g/mol. The van der Waals surface area contributed by atoms with Gasteiger partial charge in [0.25, 0.3) is 0 Å². The van der Waals surface area contributed by atoms with Crippen LogP contribution >= 0.6 is 0 Å². The topological polar surface area (TPSA) is 26.3 Å². The number of unbranched alkanes of at least 4 members (excludes halogenated alkanes) is 6. The van der Waals surface area contributed by atoms with E-state index in [0.717, 1.165) is 30.2 Å². The van der Waals surface area contributed by atoms with Gasteiger partial charge >= 0.3 is 5.97 Å². The van der Waals surface area contributed by atoms with Gasteiger partial charge in [-0.05, 0) is 84.9 Å². The van der Waals surface area contributed by atoms with Crippen LogP contribution in [0.2, 0.25) is 0 Å². The van der Waals surface area contributed by atoms with Gasteiger partial charge in [-0.15, -0.1) is 0 Å². The lowest BCUT2D eigenvalue weighted by atomic mass is 9.77. The van der Waals surface area contributed by atoms with Crippen LogP contribution in [0.3, 0.4) is 0 Å². The molecule has 1 saturated carbocycles. The first-order valence-corrected chi connectivity index (χ1v) is 15.4. The predicted molar refractivity (Wildman–Crippen MR) is 158 cm³/mol. The van der Waals surface area contributed by atoms with Gasteiger partial charge in [-0.25, -0.2) is 0 Å². The fraction of sp³-hybridized carbons (Fsp3) is 0.629. The molecule has 0 heterocycles. The minimum absolute atomic E-state index is 0.113. The van der Waals surface area contributed by atoms with Crippen molar-refractivity contribution in [3.8, 4) is 16.9 Å². The first-order valence-electron chi connectivity index (χ1n) is 15.4. The van der Waals surface area contributed by atoms with Gasteiger partial charge in [0.05, 0.1) is 0 Å².